The molecule has 0 saturated heterocycles. The summed E-state index contributed by atoms with van der Waals surface area (Å²) in [6, 6.07) is 8.73. The fraction of sp³-hybridized carbons (Fsp3) is 0.176. The van der Waals surface area contributed by atoms with Gasteiger partial charge in [0.05, 0.1) is 4.92 Å². The first-order valence-electron chi connectivity index (χ1n) is 7.59. The number of hydrogen-bond acceptors (Lipinski definition) is 6. The van der Waals surface area contributed by atoms with Gasteiger partial charge in [-0.15, -0.1) is 0 Å². The van der Waals surface area contributed by atoms with Crippen molar-refractivity contribution in [1.82, 2.24) is 0 Å². The Bertz CT molecular complexity index is 859. The van der Waals surface area contributed by atoms with Crippen molar-refractivity contribution in [1.29, 1.82) is 0 Å². The van der Waals surface area contributed by atoms with E-state index in [0.717, 1.165) is 6.07 Å². The van der Waals surface area contributed by atoms with E-state index in [9.17, 15) is 24.1 Å². The normalized spacial score (nSPS) is 11.4. The summed E-state index contributed by atoms with van der Waals surface area (Å²) in [5.74, 6) is -1.81. The molecule has 0 aliphatic carbocycles. The molecule has 0 aliphatic heterocycles. The van der Waals surface area contributed by atoms with Crippen molar-refractivity contribution < 1.29 is 28.4 Å². The number of ether oxygens (including phenoxy) is 2. The molecular weight excluding hydrogens is 383 g/mol. The second-order valence-corrected chi connectivity index (χ2v) is 5.72. The summed E-state index contributed by atoms with van der Waals surface area (Å²) in [6.07, 6.45) is -1.05. The second-order valence-electron chi connectivity index (χ2n) is 5.29. The molecule has 142 valence electrons. The van der Waals surface area contributed by atoms with Gasteiger partial charge < -0.3 is 14.8 Å². The zero-order valence-corrected chi connectivity index (χ0v) is 14.7. The molecule has 0 bridgehead atoms. The van der Waals surface area contributed by atoms with Gasteiger partial charge in [-0.2, -0.15) is 0 Å². The van der Waals surface area contributed by atoms with Crippen LogP contribution >= 0.6 is 11.6 Å². The Labute approximate surface area is 158 Å². The average molecular weight is 397 g/mol. The number of nitro benzene ring substituents is 1. The van der Waals surface area contributed by atoms with E-state index < -0.39 is 41.0 Å². The summed E-state index contributed by atoms with van der Waals surface area (Å²) in [5, 5.41) is 13.4. The number of carbonyl (C=O) groups is 2. The van der Waals surface area contributed by atoms with Gasteiger partial charge >= 0.3 is 5.97 Å². The van der Waals surface area contributed by atoms with Crippen molar-refractivity contribution in [2.45, 2.75) is 13.0 Å². The maximum Gasteiger partial charge on any atom is 0.347 e. The first-order valence-corrected chi connectivity index (χ1v) is 7.96. The number of esters is 1. The first-order chi connectivity index (χ1) is 12.8. The van der Waals surface area contributed by atoms with Crippen LogP contribution in [-0.2, 0) is 14.3 Å². The number of nitrogens with zero attached hydrogens (tertiary/aromatic N) is 1. The van der Waals surface area contributed by atoms with E-state index in [-0.39, 0.29) is 16.5 Å². The van der Waals surface area contributed by atoms with E-state index in [1.165, 1.54) is 43.3 Å². The maximum atomic E-state index is 12.8. The summed E-state index contributed by atoms with van der Waals surface area (Å²) in [5.41, 5.74) is -0.476. The molecule has 27 heavy (non-hydrogen) atoms. The van der Waals surface area contributed by atoms with Gasteiger partial charge in [0.1, 0.15) is 17.3 Å². The van der Waals surface area contributed by atoms with Gasteiger partial charge in [0.2, 0.25) is 0 Å². The molecule has 0 aromatic heterocycles. The van der Waals surface area contributed by atoms with Gasteiger partial charge in [-0.25, -0.2) is 9.18 Å². The lowest BCUT2D eigenvalue weighted by molar-refractivity contribution is -0.383. The third-order valence-electron chi connectivity index (χ3n) is 3.23. The van der Waals surface area contributed by atoms with Crippen LogP contribution in [0.5, 0.6) is 5.75 Å². The fourth-order valence-corrected chi connectivity index (χ4v) is 2.13. The van der Waals surface area contributed by atoms with Gasteiger partial charge in [-0.1, -0.05) is 11.6 Å². The zero-order chi connectivity index (χ0) is 20.0. The van der Waals surface area contributed by atoms with Crippen LogP contribution in [0.3, 0.4) is 0 Å². The number of amides is 1. The van der Waals surface area contributed by atoms with E-state index in [4.69, 9.17) is 21.1 Å². The second kappa shape index (κ2) is 8.95. The van der Waals surface area contributed by atoms with Crippen LogP contribution < -0.4 is 10.1 Å². The molecule has 2 aromatic rings. The van der Waals surface area contributed by atoms with Crippen molar-refractivity contribution in [3.8, 4) is 5.75 Å². The van der Waals surface area contributed by atoms with Gasteiger partial charge in [0, 0.05) is 11.1 Å². The lowest BCUT2D eigenvalue weighted by Gasteiger charge is -2.14. The lowest BCUT2D eigenvalue weighted by Crippen LogP contribution is -2.29. The summed E-state index contributed by atoms with van der Waals surface area (Å²) in [6.45, 7) is 0.726. The van der Waals surface area contributed by atoms with Crippen LogP contribution in [0.25, 0.3) is 0 Å². The van der Waals surface area contributed by atoms with E-state index in [1.807, 2.05) is 0 Å². The molecule has 1 amide bonds. The molecule has 0 fully saturated rings. The van der Waals surface area contributed by atoms with Crippen LogP contribution in [0.1, 0.15) is 6.92 Å². The van der Waals surface area contributed by atoms with Crippen molar-refractivity contribution in [2.75, 3.05) is 11.9 Å². The highest BCUT2D eigenvalue weighted by Crippen LogP contribution is 2.27. The molecule has 2 aromatic carbocycles. The summed E-state index contributed by atoms with van der Waals surface area (Å²) < 4.78 is 22.9. The minimum atomic E-state index is -1.05. The van der Waals surface area contributed by atoms with Gasteiger partial charge in [0.15, 0.2) is 12.7 Å². The highest BCUT2D eigenvalue weighted by atomic mass is 35.5. The number of rotatable bonds is 7. The Balaban J connectivity index is 1.88. The quantitative estimate of drug-likeness (QED) is 0.437. The van der Waals surface area contributed by atoms with Crippen LogP contribution in [0.15, 0.2) is 42.5 Å². The Kier molecular flexibility index (Phi) is 6.67. The van der Waals surface area contributed by atoms with E-state index in [0.29, 0.717) is 0 Å². The highest BCUT2D eigenvalue weighted by Gasteiger charge is 2.20. The van der Waals surface area contributed by atoms with Crippen LogP contribution in [0, 0.1) is 15.9 Å². The molecule has 2 rings (SSSR count). The number of halogens is 2. The number of nitrogens with one attached hydrogen (secondary N) is 1. The standard InChI is InChI=1S/C17H14ClFN2O6/c1-10(27-13-5-3-12(19)4-6-13)17(23)26-9-16(22)20-14-7-2-11(18)8-15(14)21(24)25/h2-8,10H,9H2,1H3,(H,20,22)/t10-/m1/s1. The SMILES string of the molecule is C[C@@H](Oc1ccc(F)cc1)C(=O)OCC(=O)Nc1ccc(Cl)cc1[N+](=O)[O-]. The van der Waals surface area contributed by atoms with E-state index in [2.05, 4.69) is 5.32 Å². The molecule has 8 nitrogen and oxygen atoms in total. The number of anilines is 1. The molecule has 0 spiro atoms. The number of hydrogen-bond donors (Lipinski definition) is 1. The van der Waals surface area contributed by atoms with Crippen molar-refractivity contribution in [3.05, 3.63) is 63.4 Å². The molecule has 1 N–H and O–H groups in total. The minimum absolute atomic E-state index is 0.0824. The van der Waals surface area contributed by atoms with Crippen molar-refractivity contribution >= 4 is 34.9 Å². The molecule has 0 unspecified atom stereocenters. The molecule has 0 heterocycles. The van der Waals surface area contributed by atoms with Gasteiger partial charge in [-0.3, -0.25) is 14.9 Å². The monoisotopic (exact) mass is 396 g/mol. The Hall–Kier alpha value is -3.20. The van der Waals surface area contributed by atoms with Gasteiger partial charge in [0.25, 0.3) is 11.6 Å². The first kappa shape index (κ1) is 20.1. The number of nitro groups is 1. The van der Waals surface area contributed by atoms with Crippen molar-refractivity contribution in [3.63, 3.8) is 0 Å². The summed E-state index contributed by atoms with van der Waals surface area (Å²) in [7, 11) is 0. The van der Waals surface area contributed by atoms with E-state index in [1.54, 1.807) is 0 Å². The Morgan fingerprint density at radius 2 is 1.93 bits per heavy atom. The molecular formula is C17H14ClFN2O6. The summed E-state index contributed by atoms with van der Waals surface area (Å²) in [4.78, 5) is 34.0. The lowest BCUT2D eigenvalue weighted by atomic mass is 10.2. The number of carbonyl (C=O) groups excluding carboxylic acids is 2. The van der Waals surface area contributed by atoms with Gasteiger partial charge in [-0.05, 0) is 43.3 Å². The minimum Gasteiger partial charge on any atom is -0.479 e. The summed E-state index contributed by atoms with van der Waals surface area (Å²) >= 11 is 5.69. The highest BCUT2D eigenvalue weighted by molar-refractivity contribution is 6.31. The average Bonchev–Trinajstić information content (AvgIpc) is 2.62. The Morgan fingerprint density at radius 1 is 1.26 bits per heavy atom. The Morgan fingerprint density at radius 3 is 2.56 bits per heavy atom. The molecule has 0 radical (unpaired) electrons. The van der Waals surface area contributed by atoms with Crippen LogP contribution in [0.4, 0.5) is 15.8 Å². The maximum absolute atomic E-state index is 12.8. The molecule has 10 heteroatoms. The van der Waals surface area contributed by atoms with Crippen LogP contribution in [0.2, 0.25) is 5.02 Å². The number of benzene rings is 2. The zero-order valence-electron chi connectivity index (χ0n) is 14.0. The smallest absolute Gasteiger partial charge is 0.347 e. The predicted octanol–water partition coefficient (Wildman–Crippen LogP) is 3.34. The van der Waals surface area contributed by atoms with Crippen LogP contribution in [-0.4, -0.2) is 29.5 Å². The molecule has 1 atom stereocenters. The van der Waals surface area contributed by atoms with Crippen molar-refractivity contribution in [2.24, 2.45) is 0 Å². The largest absolute Gasteiger partial charge is 0.479 e. The molecule has 0 saturated carbocycles. The predicted molar refractivity (Wildman–Crippen MR) is 94.2 cm³/mol. The topological polar surface area (TPSA) is 108 Å². The third-order valence-corrected chi connectivity index (χ3v) is 3.47. The van der Waals surface area contributed by atoms with E-state index >= 15 is 0 Å². The third kappa shape index (κ3) is 5.93. The molecule has 0 aliphatic rings. The fourth-order valence-electron chi connectivity index (χ4n) is 1.97.